The topological polar surface area (TPSA) is 43.4 Å². The highest BCUT2D eigenvalue weighted by Crippen LogP contribution is 2.01. The van der Waals surface area contributed by atoms with Crippen LogP contribution in [0.1, 0.15) is 31.7 Å². The Morgan fingerprint density at radius 3 is 2.53 bits per heavy atom. The third kappa shape index (κ3) is 5.85. The Hall–Kier alpha value is -1.64. The minimum absolute atomic E-state index is 0.0442. The average Bonchev–Trinajstić information content (AvgIpc) is 2.30. The molecule has 1 aromatic carbocycles. The van der Waals surface area contributed by atoms with E-state index in [0.29, 0.717) is 19.4 Å². The number of ketones is 1. The molecule has 92 valence electrons. The Balaban J connectivity index is 2.18. The van der Waals surface area contributed by atoms with Crippen molar-refractivity contribution in [1.29, 1.82) is 0 Å². The number of benzene rings is 1. The predicted molar refractivity (Wildman–Crippen MR) is 65.6 cm³/mol. The van der Waals surface area contributed by atoms with Crippen LogP contribution in [0.4, 0.5) is 0 Å². The lowest BCUT2D eigenvalue weighted by Crippen LogP contribution is -2.12. The molecular weight excluding hydrogens is 216 g/mol. The highest BCUT2D eigenvalue weighted by molar-refractivity contribution is 5.95. The van der Waals surface area contributed by atoms with Gasteiger partial charge in [-0.2, -0.15) is 0 Å². The lowest BCUT2D eigenvalue weighted by Gasteiger charge is -2.04. The minimum Gasteiger partial charge on any atom is -0.465 e. The van der Waals surface area contributed by atoms with Crippen molar-refractivity contribution in [2.24, 2.45) is 0 Å². The van der Waals surface area contributed by atoms with Crippen LogP contribution in [0.2, 0.25) is 0 Å². The van der Waals surface area contributed by atoms with Gasteiger partial charge in [-0.1, -0.05) is 37.3 Å². The fourth-order valence-corrected chi connectivity index (χ4v) is 1.51. The van der Waals surface area contributed by atoms with Crippen molar-refractivity contribution in [3.63, 3.8) is 0 Å². The largest absolute Gasteiger partial charge is 0.465 e. The second kappa shape index (κ2) is 7.60. The Morgan fingerprint density at radius 1 is 1.18 bits per heavy atom. The number of hydrogen-bond donors (Lipinski definition) is 0. The molecule has 0 amide bonds. The molecule has 0 atom stereocenters. The van der Waals surface area contributed by atoms with E-state index in [0.717, 1.165) is 12.0 Å². The Morgan fingerprint density at radius 2 is 1.88 bits per heavy atom. The number of ether oxygens (including phenoxy) is 1. The second-order valence-electron chi connectivity index (χ2n) is 3.92. The van der Waals surface area contributed by atoms with Crippen LogP contribution in [0, 0.1) is 0 Å². The molecule has 0 fully saturated rings. The van der Waals surface area contributed by atoms with E-state index >= 15 is 0 Å². The summed E-state index contributed by atoms with van der Waals surface area (Å²) in [5.41, 5.74) is 1.13. The summed E-state index contributed by atoms with van der Waals surface area (Å²) in [5, 5.41) is 0. The molecule has 17 heavy (non-hydrogen) atoms. The van der Waals surface area contributed by atoms with Crippen molar-refractivity contribution in [3.05, 3.63) is 35.9 Å². The first-order valence-corrected chi connectivity index (χ1v) is 5.93. The van der Waals surface area contributed by atoms with Crippen molar-refractivity contribution in [2.75, 3.05) is 6.61 Å². The zero-order valence-electron chi connectivity index (χ0n) is 10.1. The molecule has 1 aromatic rings. The molecule has 0 aliphatic heterocycles. The lowest BCUT2D eigenvalue weighted by molar-refractivity contribution is -0.145. The van der Waals surface area contributed by atoms with Gasteiger partial charge in [0.1, 0.15) is 12.2 Å². The summed E-state index contributed by atoms with van der Waals surface area (Å²) >= 11 is 0. The molecule has 0 N–H and O–H groups in total. The molecule has 0 saturated carbocycles. The Bertz CT molecular complexity index is 357. The van der Waals surface area contributed by atoms with Gasteiger partial charge in [-0.3, -0.25) is 9.59 Å². The van der Waals surface area contributed by atoms with E-state index in [1.54, 1.807) is 0 Å². The molecule has 0 heterocycles. The van der Waals surface area contributed by atoms with Crippen LogP contribution in [-0.4, -0.2) is 18.4 Å². The summed E-state index contributed by atoms with van der Waals surface area (Å²) in [6.07, 6.45) is 1.82. The van der Waals surface area contributed by atoms with Gasteiger partial charge in [-0.05, 0) is 12.0 Å². The van der Waals surface area contributed by atoms with Gasteiger partial charge in [0.25, 0.3) is 0 Å². The maximum atomic E-state index is 11.3. The minimum atomic E-state index is -0.417. The molecule has 0 unspecified atom stereocenters. The standard InChI is InChI=1S/C14H18O3/c1-2-6-13(15)11-14(16)17-10-9-12-7-4-3-5-8-12/h3-5,7-8H,2,6,9-11H2,1H3. The van der Waals surface area contributed by atoms with Gasteiger partial charge in [0.2, 0.25) is 0 Å². The summed E-state index contributed by atoms with van der Waals surface area (Å²) in [6.45, 7) is 2.25. The van der Waals surface area contributed by atoms with Crippen molar-refractivity contribution >= 4 is 11.8 Å². The molecule has 0 saturated heterocycles. The van der Waals surface area contributed by atoms with Crippen LogP contribution < -0.4 is 0 Å². The number of Topliss-reactive ketones (excluding diaryl/α,β-unsaturated/α-hetero) is 1. The van der Waals surface area contributed by atoms with E-state index in [9.17, 15) is 9.59 Å². The van der Waals surface area contributed by atoms with Crippen molar-refractivity contribution in [3.8, 4) is 0 Å². The van der Waals surface area contributed by atoms with Crippen molar-refractivity contribution in [2.45, 2.75) is 32.6 Å². The normalized spacial score (nSPS) is 9.94. The van der Waals surface area contributed by atoms with E-state index in [1.807, 2.05) is 37.3 Å². The molecule has 0 spiro atoms. The van der Waals surface area contributed by atoms with E-state index in [1.165, 1.54) is 0 Å². The summed E-state index contributed by atoms with van der Waals surface area (Å²) in [5.74, 6) is -0.461. The molecule has 0 aliphatic carbocycles. The molecule has 3 nitrogen and oxygen atoms in total. The molecular formula is C14H18O3. The zero-order valence-corrected chi connectivity index (χ0v) is 10.1. The first kappa shape index (κ1) is 13.4. The first-order valence-electron chi connectivity index (χ1n) is 5.93. The first-order chi connectivity index (χ1) is 8.22. The number of rotatable bonds is 7. The molecule has 1 rings (SSSR count). The quantitative estimate of drug-likeness (QED) is 0.538. The van der Waals surface area contributed by atoms with Crippen molar-refractivity contribution in [1.82, 2.24) is 0 Å². The zero-order chi connectivity index (χ0) is 12.5. The average molecular weight is 234 g/mol. The SMILES string of the molecule is CCCC(=O)CC(=O)OCCc1ccccc1. The second-order valence-corrected chi connectivity index (χ2v) is 3.92. The van der Waals surface area contributed by atoms with Gasteiger partial charge < -0.3 is 4.74 Å². The number of carbonyl (C=O) groups is 2. The van der Waals surface area contributed by atoms with E-state index < -0.39 is 5.97 Å². The van der Waals surface area contributed by atoms with Gasteiger partial charge >= 0.3 is 5.97 Å². The molecule has 3 heteroatoms. The van der Waals surface area contributed by atoms with Gasteiger partial charge in [-0.15, -0.1) is 0 Å². The van der Waals surface area contributed by atoms with Crippen LogP contribution in [-0.2, 0) is 20.7 Å². The third-order valence-electron chi connectivity index (χ3n) is 2.37. The van der Waals surface area contributed by atoms with Gasteiger partial charge in [-0.25, -0.2) is 0 Å². The molecule has 0 bridgehead atoms. The molecule has 0 aliphatic rings. The number of esters is 1. The number of carbonyl (C=O) groups excluding carboxylic acids is 2. The highest BCUT2D eigenvalue weighted by atomic mass is 16.5. The summed E-state index contributed by atoms with van der Waals surface area (Å²) in [4.78, 5) is 22.5. The number of hydrogen-bond acceptors (Lipinski definition) is 3. The van der Waals surface area contributed by atoms with Gasteiger partial charge in [0.15, 0.2) is 0 Å². The monoisotopic (exact) mass is 234 g/mol. The fraction of sp³-hybridized carbons (Fsp3) is 0.429. The third-order valence-corrected chi connectivity index (χ3v) is 2.37. The maximum absolute atomic E-state index is 11.3. The Labute approximate surface area is 102 Å². The van der Waals surface area contributed by atoms with Crippen LogP contribution in [0.3, 0.4) is 0 Å². The summed E-state index contributed by atoms with van der Waals surface area (Å²) in [7, 11) is 0. The van der Waals surface area contributed by atoms with Crippen LogP contribution in [0.25, 0.3) is 0 Å². The smallest absolute Gasteiger partial charge is 0.313 e. The van der Waals surface area contributed by atoms with E-state index in [4.69, 9.17) is 4.74 Å². The summed E-state index contributed by atoms with van der Waals surface area (Å²) < 4.78 is 5.00. The van der Waals surface area contributed by atoms with Crippen LogP contribution in [0.5, 0.6) is 0 Å². The molecule has 0 radical (unpaired) electrons. The Kier molecular flexibility index (Phi) is 6.00. The lowest BCUT2D eigenvalue weighted by atomic mass is 10.1. The van der Waals surface area contributed by atoms with Gasteiger partial charge in [0.05, 0.1) is 6.61 Å². The van der Waals surface area contributed by atoms with E-state index in [2.05, 4.69) is 0 Å². The fourth-order valence-electron chi connectivity index (χ4n) is 1.51. The predicted octanol–water partition coefficient (Wildman–Crippen LogP) is 2.53. The van der Waals surface area contributed by atoms with Crippen LogP contribution >= 0.6 is 0 Å². The van der Waals surface area contributed by atoms with Gasteiger partial charge in [0, 0.05) is 12.8 Å². The summed E-state index contributed by atoms with van der Waals surface area (Å²) in [6, 6.07) is 9.80. The highest BCUT2D eigenvalue weighted by Gasteiger charge is 2.09. The van der Waals surface area contributed by atoms with Crippen LogP contribution in [0.15, 0.2) is 30.3 Å². The maximum Gasteiger partial charge on any atom is 0.313 e. The molecule has 0 aromatic heterocycles. The van der Waals surface area contributed by atoms with Crippen molar-refractivity contribution < 1.29 is 14.3 Å². The van der Waals surface area contributed by atoms with E-state index in [-0.39, 0.29) is 12.2 Å².